The average Bonchev–Trinajstić information content (AvgIpc) is 3.61. The predicted octanol–water partition coefficient (Wildman–Crippen LogP) is 14.4. The van der Waals surface area contributed by atoms with Gasteiger partial charge in [0.25, 0.3) is 0 Å². The smallest absolute Gasteiger partial charge is 0.143 e. The molecule has 0 aliphatic rings. The molecule has 9 aromatic carbocycles. The summed E-state index contributed by atoms with van der Waals surface area (Å²) in [5.74, 6) is 0. The van der Waals surface area contributed by atoms with Gasteiger partial charge in [-0.05, 0) is 104 Å². The molecule has 0 atom stereocenters. The van der Waals surface area contributed by atoms with Crippen LogP contribution in [0.15, 0.2) is 205 Å². The molecule has 1 aromatic heterocycles. The Hall–Kier alpha value is -6.90. The monoisotopic (exact) mass is 663 g/mol. The molecule has 0 amide bonds. The maximum absolute atomic E-state index is 6.53. The third kappa shape index (κ3) is 5.21. The fraction of sp³-hybridized carbons (Fsp3) is 0. The fourth-order valence-corrected chi connectivity index (χ4v) is 7.66. The SMILES string of the molecule is c1ccc(N(c2ccc(-c3ccc(-c4ccc5ccccc5c4)cc3)cc2)c2cccc(-c3cccc4oc5c6ccccc6ccc5c34)c2)cc1. The van der Waals surface area contributed by atoms with Gasteiger partial charge in [0, 0.05) is 33.2 Å². The van der Waals surface area contributed by atoms with E-state index in [0.29, 0.717) is 0 Å². The standard InChI is InChI=1S/C50H33NO/c1-2-14-42(15-3-1)51(43-29-26-36(27-30-43)35-20-22-37(23-21-35)40-25-24-34-10-4-5-12-39(34)32-40)44-16-8-13-41(33-44)45-18-9-19-48-49(45)47-31-28-38-11-6-7-17-46(38)50(47)52-48/h1-33H. The second-order valence-electron chi connectivity index (χ2n) is 13.4. The first kappa shape index (κ1) is 30.0. The summed E-state index contributed by atoms with van der Waals surface area (Å²) >= 11 is 0. The van der Waals surface area contributed by atoms with Crippen LogP contribution in [0.3, 0.4) is 0 Å². The van der Waals surface area contributed by atoms with Crippen molar-refractivity contribution in [1.82, 2.24) is 0 Å². The van der Waals surface area contributed by atoms with Gasteiger partial charge in [-0.2, -0.15) is 0 Å². The lowest BCUT2D eigenvalue weighted by molar-refractivity contribution is 0.673. The quantitative estimate of drug-likeness (QED) is 0.176. The van der Waals surface area contributed by atoms with E-state index < -0.39 is 0 Å². The summed E-state index contributed by atoms with van der Waals surface area (Å²) < 4.78 is 6.53. The number of nitrogens with zero attached hydrogens (tertiary/aromatic N) is 1. The highest BCUT2D eigenvalue weighted by Gasteiger charge is 2.17. The van der Waals surface area contributed by atoms with Crippen molar-refractivity contribution >= 4 is 60.5 Å². The van der Waals surface area contributed by atoms with E-state index in [2.05, 4.69) is 205 Å². The van der Waals surface area contributed by atoms with Gasteiger partial charge in [-0.3, -0.25) is 0 Å². The zero-order valence-corrected chi connectivity index (χ0v) is 28.4. The van der Waals surface area contributed by atoms with Gasteiger partial charge in [-0.25, -0.2) is 0 Å². The van der Waals surface area contributed by atoms with Crippen molar-refractivity contribution in [3.63, 3.8) is 0 Å². The lowest BCUT2D eigenvalue weighted by atomic mass is 9.97. The highest BCUT2D eigenvalue weighted by molar-refractivity contribution is 6.19. The average molecular weight is 664 g/mol. The Labute approximate surface area is 302 Å². The number of hydrogen-bond acceptors (Lipinski definition) is 2. The molecular formula is C50H33NO. The normalized spacial score (nSPS) is 11.5. The first-order valence-corrected chi connectivity index (χ1v) is 17.8. The largest absolute Gasteiger partial charge is 0.455 e. The van der Waals surface area contributed by atoms with Crippen LogP contribution in [0.2, 0.25) is 0 Å². The van der Waals surface area contributed by atoms with E-state index in [-0.39, 0.29) is 0 Å². The Bertz CT molecular complexity index is 2890. The Morgan fingerprint density at radius 3 is 1.73 bits per heavy atom. The van der Waals surface area contributed by atoms with Crippen molar-refractivity contribution < 1.29 is 4.42 Å². The van der Waals surface area contributed by atoms with Gasteiger partial charge < -0.3 is 9.32 Å². The number of rotatable bonds is 6. The lowest BCUT2D eigenvalue weighted by Crippen LogP contribution is -2.09. The van der Waals surface area contributed by atoms with Crippen LogP contribution in [0.1, 0.15) is 0 Å². The molecule has 0 aliphatic heterocycles. The molecule has 0 spiro atoms. The van der Waals surface area contributed by atoms with Gasteiger partial charge in [0.05, 0.1) is 0 Å². The fourth-order valence-electron chi connectivity index (χ4n) is 7.66. The van der Waals surface area contributed by atoms with Crippen LogP contribution in [0, 0.1) is 0 Å². The van der Waals surface area contributed by atoms with Crippen LogP contribution in [0.4, 0.5) is 17.1 Å². The Kier molecular flexibility index (Phi) is 7.18. The summed E-state index contributed by atoms with van der Waals surface area (Å²) in [6.45, 7) is 0. The number of fused-ring (bicyclic) bond motifs is 6. The third-order valence-electron chi connectivity index (χ3n) is 10.2. The second-order valence-corrected chi connectivity index (χ2v) is 13.4. The summed E-state index contributed by atoms with van der Waals surface area (Å²) in [4.78, 5) is 2.33. The molecule has 0 saturated carbocycles. The Morgan fingerprint density at radius 1 is 0.327 bits per heavy atom. The lowest BCUT2D eigenvalue weighted by Gasteiger charge is -2.26. The first-order chi connectivity index (χ1) is 25.8. The molecule has 0 N–H and O–H groups in total. The summed E-state index contributed by atoms with van der Waals surface area (Å²) in [6.07, 6.45) is 0. The number of furan rings is 1. The van der Waals surface area contributed by atoms with Gasteiger partial charge >= 0.3 is 0 Å². The van der Waals surface area contributed by atoms with E-state index >= 15 is 0 Å². The van der Waals surface area contributed by atoms with Crippen molar-refractivity contribution in [3.05, 3.63) is 200 Å². The van der Waals surface area contributed by atoms with Crippen LogP contribution in [0.25, 0.3) is 76.9 Å². The van der Waals surface area contributed by atoms with Crippen molar-refractivity contribution in [3.8, 4) is 33.4 Å². The van der Waals surface area contributed by atoms with Gasteiger partial charge in [0.15, 0.2) is 0 Å². The molecule has 2 heteroatoms. The molecule has 244 valence electrons. The molecule has 0 radical (unpaired) electrons. The van der Waals surface area contributed by atoms with Crippen LogP contribution in [-0.4, -0.2) is 0 Å². The maximum atomic E-state index is 6.53. The van der Waals surface area contributed by atoms with Gasteiger partial charge in [0.2, 0.25) is 0 Å². The van der Waals surface area contributed by atoms with Crippen molar-refractivity contribution in [2.24, 2.45) is 0 Å². The number of benzene rings is 9. The molecule has 0 aliphatic carbocycles. The van der Waals surface area contributed by atoms with Crippen molar-refractivity contribution in [2.75, 3.05) is 4.90 Å². The minimum atomic E-state index is 0.898. The Morgan fingerprint density at radius 2 is 0.923 bits per heavy atom. The van der Waals surface area contributed by atoms with Gasteiger partial charge in [0.1, 0.15) is 11.2 Å². The zero-order valence-electron chi connectivity index (χ0n) is 28.4. The number of para-hydroxylation sites is 1. The zero-order chi connectivity index (χ0) is 34.4. The topological polar surface area (TPSA) is 16.4 Å². The summed E-state index contributed by atoms with van der Waals surface area (Å²) in [5.41, 5.74) is 12.2. The number of hydrogen-bond donors (Lipinski definition) is 0. The molecule has 10 rings (SSSR count). The summed E-state index contributed by atoms with van der Waals surface area (Å²) in [5, 5.41) is 7.11. The molecule has 1 heterocycles. The van der Waals surface area contributed by atoms with Crippen molar-refractivity contribution in [1.29, 1.82) is 0 Å². The van der Waals surface area contributed by atoms with Crippen LogP contribution in [-0.2, 0) is 0 Å². The van der Waals surface area contributed by atoms with Crippen molar-refractivity contribution in [2.45, 2.75) is 0 Å². The molecule has 0 bridgehead atoms. The second kappa shape index (κ2) is 12.5. The highest BCUT2D eigenvalue weighted by atomic mass is 16.3. The van der Waals surface area contributed by atoms with Crippen LogP contribution >= 0.6 is 0 Å². The van der Waals surface area contributed by atoms with E-state index in [1.165, 1.54) is 38.4 Å². The van der Waals surface area contributed by atoms with E-state index in [9.17, 15) is 0 Å². The third-order valence-corrected chi connectivity index (χ3v) is 10.2. The molecule has 0 fully saturated rings. The van der Waals surface area contributed by atoms with E-state index in [0.717, 1.165) is 55.5 Å². The van der Waals surface area contributed by atoms with Crippen LogP contribution in [0.5, 0.6) is 0 Å². The molecular weight excluding hydrogens is 631 g/mol. The maximum Gasteiger partial charge on any atom is 0.143 e. The predicted molar refractivity (Wildman–Crippen MR) is 220 cm³/mol. The molecule has 10 aromatic rings. The van der Waals surface area contributed by atoms with E-state index in [1.54, 1.807) is 0 Å². The van der Waals surface area contributed by atoms with Gasteiger partial charge in [-0.1, -0.05) is 146 Å². The number of anilines is 3. The molecule has 0 saturated heterocycles. The minimum Gasteiger partial charge on any atom is -0.455 e. The first-order valence-electron chi connectivity index (χ1n) is 17.8. The van der Waals surface area contributed by atoms with Gasteiger partial charge in [-0.15, -0.1) is 0 Å². The van der Waals surface area contributed by atoms with E-state index in [4.69, 9.17) is 4.42 Å². The van der Waals surface area contributed by atoms with E-state index in [1.807, 2.05) is 0 Å². The Balaban J connectivity index is 1.01. The molecule has 0 unspecified atom stereocenters. The summed E-state index contributed by atoms with van der Waals surface area (Å²) in [6, 6.07) is 71.6. The van der Waals surface area contributed by atoms with Crippen LogP contribution < -0.4 is 4.90 Å². The molecule has 52 heavy (non-hydrogen) atoms. The minimum absolute atomic E-state index is 0.898. The molecule has 2 nitrogen and oxygen atoms in total. The highest BCUT2D eigenvalue weighted by Crippen LogP contribution is 2.42. The summed E-state index contributed by atoms with van der Waals surface area (Å²) in [7, 11) is 0.